The molecule has 0 aliphatic carbocycles. The topological polar surface area (TPSA) is 143 Å². The van der Waals surface area contributed by atoms with Gasteiger partial charge in [-0.25, -0.2) is 4.79 Å². The highest BCUT2D eigenvalue weighted by Crippen LogP contribution is 2.29. The number of rotatable bonds is 4. The molecule has 1 aromatic rings. The Morgan fingerprint density at radius 2 is 1.62 bits per heavy atom. The summed E-state index contributed by atoms with van der Waals surface area (Å²) in [5.41, 5.74) is -1.44. The SMILES string of the molecule is CC(=O)O[C@@H]1[C@@H](OC(C)=O)[C@H](n2ccc(=O)[nH]c2=O)OC[C@@H]1OC(C)=O. The minimum Gasteiger partial charge on any atom is -0.456 e. The van der Waals surface area contributed by atoms with Gasteiger partial charge in [-0.1, -0.05) is 0 Å². The van der Waals surface area contributed by atoms with Crippen LogP contribution in [0.1, 0.15) is 27.0 Å². The van der Waals surface area contributed by atoms with E-state index in [2.05, 4.69) is 0 Å². The third-order valence-electron chi connectivity index (χ3n) is 3.45. The molecule has 0 spiro atoms. The molecule has 11 nitrogen and oxygen atoms in total. The second-order valence-electron chi connectivity index (χ2n) is 5.54. The van der Waals surface area contributed by atoms with E-state index >= 15 is 0 Å². The van der Waals surface area contributed by atoms with E-state index in [1.54, 1.807) is 0 Å². The predicted molar refractivity (Wildman–Crippen MR) is 83.0 cm³/mol. The molecule has 26 heavy (non-hydrogen) atoms. The van der Waals surface area contributed by atoms with Crippen LogP contribution in [0.3, 0.4) is 0 Å². The van der Waals surface area contributed by atoms with Gasteiger partial charge in [0.25, 0.3) is 5.56 Å². The lowest BCUT2D eigenvalue weighted by molar-refractivity contribution is -0.240. The molecule has 11 heteroatoms. The maximum absolute atomic E-state index is 12.1. The van der Waals surface area contributed by atoms with Gasteiger partial charge >= 0.3 is 23.6 Å². The predicted octanol–water partition coefficient (Wildman–Crippen LogP) is -1.14. The fraction of sp³-hybridized carbons (Fsp3) is 0.533. The van der Waals surface area contributed by atoms with Crippen LogP contribution in [-0.2, 0) is 33.3 Å². The lowest BCUT2D eigenvalue weighted by atomic mass is 10.0. The standard InChI is InChI=1S/C15H18N2O9/c1-7(18)24-10-6-23-14(17-5-4-11(21)16-15(17)22)13(26-9(3)20)12(10)25-8(2)19/h4-5,10,12-14H,6H2,1-3H3,(H,16,21,22)/t10-,12-,13+,14+/m0/s1. The quantitative estimate of drug-likeness (QED) is 0.514. The van der Waals surface area contributed by atoms with Gasteiger partial charge in [0.1, 0.15) is 0 Å². The molecule has 1 fully saturated rings. The van der Waals surface area contributed by atoms with Gasteiger partial charge in [0.2, 0.25) is 0 Å². The van der Waals surface area contributed by atoms with Gasteiger partial charge in [-0.15, -0.1) is 0 Å². The molecule has 2 rings (SSSR count). The summed E-state index contributed by atoms with van der Waals surface area (Å²) in [5, 5.41) is 0. The monoisotopic (exact) mass is 370 g/mol. The van der Waals surface area contributed by atoms with Crippen LogP contribution in [0.5, 0.6) is 0 Å². The van der Waals surface area contributed by atoms with Crippen molar-refractivity contribution in [2.45, 2.75) is 45.3 Å². The largest absolute Gasteiger partial charge is 0.456 e. The Morgan fingerprint density at radius 1 is 1.04 bits per heavy atom. The zero-order chi connectivity index (χ0) is 19.4. The second kappa shape index (κ2) is 7.95. The number of carbonyl (C=O) groups is 3. The van der Waals surface area contributed by atoms with Crippen molar-refractivity contribution in [3.8, 4) is 0 Å². The number of nitrogens with one attached hydrogen (secondary N) is 1. The molecule has 0 amide bonds. The molecule has 4 atom stereocenters. The van der Waals surface area contributed by atoms with Crippen molar-refractivity contribution in [1.29, 1.82) is 0 Å². The molecule has 1 aliphatic heterocycles. The number of hydrogen-bond acceptors (Lipinski definition) is 9. The number of esters is 3. The molecular formula is C15H18N2O9. The zero-order valence-electron chi connectivity index (χ0n) is 14.3. The van der Waals surface area contributed by atoms with E-state index in [1.807, 2.05) is 4.98 Å². The van der Waals surface area contributed by atoms with Crippen LogP contribution < -0.4 is 11.2 Å². The first-order chi connectivity index (χ1) is 12.2. The maximum atomic E-state index is 12.1. The van der Waals surface area contributed by atoms with Crippen LogP contribution in [0.2, 0.25) is 0 Å². The summed E-state index contributed by atoms with van der Waals surface area (Å²) in [6.45, 7) is 3.18. The van der Waals surface area contributed by atoms with Crippen LogP contribution in [0.25, 0.3) is 0 Å². The highest BCUT2D eigenvalue weighted by Gasteiger charge is 2.47. The summed E-state index contributed by atoms with van der Waals surface area (Å²) < 4.78 is 21.9. The summed E-state index contributed by atoms with van der Waals surface area (Å²) in [6, 6.07) is 1.08. The van der Waals surface area contributed by atoms with Gasteiger partial charge in [-0.2, -0.15) is 0 Å². The number of hydrogen-bond donors (Lipinski definition) is 1. The molecule has 1 aromatic heterocycles. The van der Waals surface area contributed by atoms with Gasteiger partial charge in [-0.05, 0) is 0 Å². The molecule has 2 heterocycles. The summed E-state index contributed by atoms with van der Waals surface area (Å²) in [7, 11) is 0. The summed E-state index contributed by atoms with van der Waals surface area (Å²) in [6.07, 6.45) is -3.61. The Balaban J connectivity index is 2.46. The zero-order valence-corrected chi connectivity index (χ0v) is 14.3. The van der Waals surface area contributed by atoms with Crippen LogP contribution in [-0.4, -0.2) is 52.4 Å². The van der Waals surface area contributed by atoms with E-state index in [-0.39, 0.29) is 6.61 Å². The van der Waals surface area contributed by atoms with Crippen molar-refractivity contribution < 1.29 is 33.3 Å². The first-order valence-corrected chi connectivity index (χ1v) is 7.63. The number of carbonyl (C=O) groups excluding carboxylic acids is 3. The Kier molecular flexibility index (Phi) is 5.93. The number of nitrogens with zero attached hydrogens (tertiary/aromatic N) is 1. The Morgan fingerprint density at radius 3 is 2.15 bits per heavy atom. The van der Waals surface area contributed by atoms with Gasteiger partial charge in [0.15, 0.2) is 24.5 Å². The van der Waals surface area contributed by atoms with Crippen LogP contribution in [0.15, 0.2) is 21.9 Å². The average Bonchev–Trinajstić information content (AvgIpc) is 2.50. The van der Waals surface area contributed by atoms with Gasteiger partial charge < -0.3 is 18.9 Å². The molecule has 0 bridgehead atoms. The first kappa shape index (κ1) is 19.4. The third kappa shape index (κ3) is 4.57. The summed E-state index contributed by atoms with van der Waals surface area (Å²) >= 11 is 0. The van der Waals surface area contributed by atoms with Crippen molar-refractivity contribution in [3.05, 3.63) is 33.1 Å². The third-order valence-corrected chi connectivity index (χ3v) is 3.45. The van der Waals surface area contributed by atoms with Crippen molar-refractivity contribution >= 4 is 17.9 Å². The van der Waals surface area contributed by atoms with Crippen molar-refractivity contribution in [1.82, 2.24) is 9.55 Å². The number of H-pyrrole nitrogens is 1. The smallest absolute Gasteiger partial charge is 0.330 e. The molecule has 142 valence electrons. The van der Waals surface area contributed by atoms with Crippen LogP contribution in [0.4, 0.5) is 0 Å². The van der Waals surface area contributed by atoms with Crippen molar-refractivity contribution in [3.63, 3.8) is 0 Å². The minimum atomic E-state index is -1.29. The average molecular weight is 370 g/mol. The Bertz CT molecular complexity index is 812. The van der Waals surface area contributed by atoms with Crippen molar-refractivity contribution in [2.75, 3.05) is 6.61 Å². The Hall–Kier alpha value is -2.95. The number of ether oxygens (including phenoxy) is 4. The molecular weight excluding hydrogens is 352 g/mol. The normalized spacial score (nSPS) is 25.2. The molecule has 0 radical (unpaired) electrons. The number of aromatic nitrogens is 2. The van der Waals surface area contributed by atoms with Crippen molar-refractivity contribution in [2.24, 2.45) is 0 Å². The molecule has 0 aromatic carbocycles. The van der Waals surface area contributed by atoms with E-state index < -0.39 is 53.7 Å². The van der Waals surface area contributed by atoms with Gasteiger partial charge in [0.05, 0.1) is 6.61 Å². The molecule has 0 saturated carbocycles. The van der Waals surface area contributed by atoms with Crippen LogP contribution >= 0.6 is 0 Å². The van der Waals surface area contributed by atoms with E-state index in [9.17, 15) is 24.0 Å². The van der Waals surface area contributed by atoms with Crippen LogP contribution in [0, 0.1) is 0 Å². The molecule has 1 N–H and O–H groups in total. The lowest BCUT2D eigenvalue weighted by Gasteiger charge is -2.40. The van der Waals surface area contributed by atoms with E-state index in [4.69, 9.17) is 18.9 Å². The van der Waals surface area contributed by atoms with E-state index in [0.717, 1.165) is 37.6 Å². The summed E-state index contributed by atoms with van der Waals surface area (Å²) in [4.78, 5) is 59.6. The summed E-state index contributed by atoms with van der Waals surface area (Å²) in [5.74, 6) is -2.10. The highest BCUT2D eigenvalue weighted by atomic mass is 16.6. The fourth-order valence-electron chi connectivity index (χ4n) is 2.59. The number of aromatic amines is 1. The van der Waals surface area contributed by atoms with E-state index in [0.29, 0.717) is 0 Å². The maximum Gasteiger partial charge on any atom is 0.330 e. The van der Waals surface area contributed by atoms with E-state index in [1.165, 1.54) is 0 Å². The lowest BCUT2D eigenvalue weighted by Crippen LogP contribution is -2.56. The molecule has 0 unspecified atom stereocenters. The molecule has 1 aliphatic rings. The van der Waals surface area contributed by atoms with Gasteiger partial charge in [0, 0.05) is 33.0 Å². The molecule has 1 saturated heterocycles. The second-order valence-corrected chi connectivity index (χ2v) is 5.54. The Labute approximate surface area is 146 Å². The van der Waals surface area contributed by atoms with Gasteiger partial charge in [-0.3, -0.25) is 28.7 Å². The first-order valence-electron chi connectivity index (χ1n) is 7.63. The highest BCUT2D eigenvalue weighted by molar-refractivity contribution is 5.68. The fourth-order valence-corrected chi connectivity index (χ4v) is 2.59. The minimum absolute atomic E-state index is 0.231.